The predicted molar refractivity (Wildman–Crippen MR) is 134 cm³/mol. The van der Waals surface area contributed by atoms with Gasteiger partial charge < -0.3 is 29.5 Å². The molecule has 0 aliphatic rings. The summed E-state index contributed by atoms with van der Waals surface area (Å²) < 4.78 is 46.7. The lowest BCUT2D eigenvalue weighted by Gasteiger charge is -2.26. The number of aromatic amines is 1. The highest BCUT2D eigenvalue weighted by atomic mass is 32.2. The molecule has 2 heterocycles. The lowest BCUT2D eigenvalue weighted by atomic mass is 10.1. The molecule has 0 radical (unpaired) electrons. The Bertz CT molecular complexity index is 1470. The van der Waals surface area contributed by atoms with Crippen molar-refractivity contribution in [3.05, 3.63) is 60.8 Å². The number of nitrogens with one attached hydrogen (secondary N) is 1. The third-order valence-corrected chi connectivity index (χ3v) is 7.51. The second-order valence-electron chi connectivity index (χ2n) is 8.03. The van der Waals surface area contributed by atoms with Gasteiger partial charge in [-0.1, -0.05) is 0 Å². The summed E-state index contributed by atoms with van der Waals surface area (Å²) in [6, 6.07) is 8.04. The van der Waals surface area contributed by atoms with Crippen molar-refractivity contribution in [2.75, 3.05) is 25.6 Å². The second-order valence-corrected chi connectivity index (χ2v) is 9.81. The molecule has 12 heteroatoms. The van der Waals surface area contributed by atoms with Crippen LogP contribution in [0, 0.1) is 0 Å². The van der Waals surface area contributed by atoms with E-state index in [1.54, 1.807) is 12.1 Å². The third kappa shape index (κ3) is 4.48. The van der Waals surface area contributed by atoms with Gasteiger partial charge in [0, 0.05) is 54.6 Å². The SMILES string of the molecule is COc1cc(N(C(=O)C(N)Cc2cnc[nH]2)S(=O)(=O)c2ccc3c(ccn3C)c2)cc(OC)c1OC. The molecule has 190 valence electrons. The lowest BCUT2D eigenvalue weighted by Crippen LogP contribution is -2.48. The smallest absolute Gasteiger partial charge is 0.270 e. The topological polar surface area (TPSA) is 142 Å². The molecule has 1 amide bonds. The molecule has 3 N–H and O–H groups in total. The van der Waals surface area contributed by atoms with Gasteiger partial charge in [-0.3, -0.25) is 4.79 Å². The van der Waals surface area contributed by atoms with E-state index in [1.165, 1.54) is 58.1 Å². The van der Waals surface area contributed by atoms with Crippen LogP contribution in [0.5, 0.6) is 17.2 Å². The molecule has 0 aliphatic carbocycles. The largest absolute Gasteiger partial charge is 0.493 e. The molecule has 1 atom stereocenters. The van der Waals surface area contributed by atoms with Crippen molar-refractivity contribution in [2.24, 2.45) is 12.8 Å². The zero-order valence-electron chi connectivity index (χ0n) is 20.3. The highest BCUT2D eigenvalue weighted by Gasteiger charge is 2.36. The molecule has 2 aromatic carbocycles. The molecule has 0 fully saturated rings. The first-order valence-corrected chi connectivity index (χ1v) is 12.3. The summed E-state index contributed by atoms with van der Waals surface area (Å²) in [6.45, 7) is 0. The molecular weight excluding hydrogens is 486 g/mol. The Morgan fingerprint density at radius 3 is 2.39 bits per heavy atom. The number of hydrogen-bond acceptors (Lipinski definition) is 8. The number of aromatic nitrogens is 3. The molecule has 0 spiro atoms. The molecule has 4 rings (SSSR count). The fourth-order valence-corrected chi connectivity index (χ4v) is 5.45. The maximum absolute atomic E-state index is 14.0. The maximum Gasteiger partial charge on any atom is 0.270 e. The molecule has 4 aromatic rings. The van der Waals surface area contributed by atoms with E-state index < -0.39 is 22.0 Å². The minimum atomic E-state index is -4.41. The van der Waals surface area contributed by atoms with E-state index in [1.807, 2.05) is 17.8 Å². The average Bonchev–Trinajstić information content (AvgIpc) is 3.52. The van der Waals surface area contributed by atoms with E-state index in [9.17, 15) is 13.2 Å². The Morgan fingerprint density at radius 1 is 1.11 bits per heavy atom. The number of amides is 1. The molecule has 0 saturated carbocycles. The van der Waals surface area contributed by atoms with E-state index in [0.29, 0.717) is 15.4 Å². The van der Waals surface area contributed by atoms with Gasteiger partial charge in [0.2, 0.25) is 5.75 Å². The van der Waals surface area contributed by atoms with Crippen LogP contribution in [0.25, 0.3) is 10.9 Å². The molecule has 2 aromatic heterocycles. The number of benzene rings is 2. The molecule has 0 aliphatic heterocycles. The summed E-state index contributed by atoms with van der Waals surface area (Å²) >= 11 is 0. The third-order valence-electron chi connectivity index (χ3n) is 5.79. The summed E-state index contributed by atoms with van der Waals surface area (Å²) in [5, 5.41) is 0.706. The highest BCUT2D eigenvalue weighted by Crippen LogP contribution is 2.42. The van der Waals surface area contributed by atoms with Crippen LogP contribution < -0.4 is 24.2 Å². The lowest BCUT2D eigenvalue weighted by molar-refractivity contribution is -0.118. The van der Waals surface area contributed by atoms with Gasteiger partial charge in [-0.2, -0.15) is 0 Å². The van der Waals surface area contributed by atoms with Gasteiger partial charge in [0.15, 0.2) is 11.5 Å². The molecule has 36 heavy (non-hydrogen) atoms. The summed E-state index contributed by atoms with van der Waals surface area (Å²) in [7, 11) is 1.67. The molecule has 0 saturated heterocycles. The summed E-state index contributed by atoms with van der Waals surface area (Å²) in [5.74, 6) is -0.228. The van der Waals surface area contributed by atoms with Gasteiger partial charge in [0.05, 0.1) is 44.3 Å². The number of rotatable bonds is 9. The van der Waals surface area contributed by atoms with Crippen LogP contribution in [-0.4, -0.2) is 56.2 Å². The van der Waals surface area contributed by atoms with Gasteiger partial charge in [-0.15, -0.1) is 0 Å². The van der Waals surface area contributed by atoms with Crippen LogP contribution >= 0.6 is 0 Å². The quantitative estimate of drug-likeness (QED) is 0.347. The fourth-order valence-electron chi connectivity index (χ4n) is 3.97. The summed E-state index contributed by atoms with van der Waals surface area (Å²) in [6.07, 6.45) is 4.85. The van der Waals surface area contributed by atoms with Crippen molar-refractivity contribution in [1.82, 2.24) is 14.5 Å². The van der Waals surface area contributed by atoms with E-state index >= 15 is 0 Å². The Hall–Kier alpha value is -4.03. The first-order chi connectivity index (χ1) is 17.2. The molecular formula is C24H27N5O6S. The van der Waals surface area contributed by atoms with Crippen molar-refractivity contribution in [3.63, 3.8) is 0 Å². The van der Waals surface area contributed by atoms with Gasteiger partial charge in [0.25, 0.3) is 15.9 Å². The number of H-pyrrole nitrogens is 1. The maximum atomic E-state index is 14.0. The van der Waals surface area contributed by atoms with Crippen LogP contribution in [0.2, 0.25) is 0 Å². The van der Waals surface area contributed by atoms with E-state index in [4.69, 9.17) is 19.9 Å². The second kappa shape index (κ2) is 9.91. The molecule has 0 bridgehead atoms. The van der Waals surface area contributed by atoms with Crippen molar-refractivity contribution >= 4 is 32.5 Å². The monoisotopic (exact) mass is 513 g/mol. The number of carbonyl (C=O) groups excluding carboxylic acids is 1. The highest BCUT2D eigenvalue weighted by molar-refractivity contribution is 7.93. The number of anilines is 1. The Labute approximate surface area is 208 Å². The van der Waals surface area contributed by atoms with Crippen molar-refractivity contribution in [2.45, 2.75) is 17.4 Å². The number of nitrogens with zero attached hydrogens (tertiary/aromatic N) is 3. The Kier molecular flexibility index (Phi) is 6.91. The number of methoxy groups -OCH3 is 3. The van der Waals surface area contributed by atoms with Gasteiger partial charge in [0.1, 0.15) is 0 Å². The van der Waals surface area contributed by atoms with Crippen LogP contribution in [0.15, 0.2) is 60.0 Å². The van der Waals surface area contributed by atoms with E-state index in [2.05, 4.69) is 9.97 Å². The van der Waals surface area contributed by atoms with Crippen molar-refractivity contribution < 1.29 is 27.4 Å². The van der Waals surface area contributed by atoms with E-state index in [-0.39, 0.29) is 34.3 Å². The summed E-state index contributed by atoms with van der Waals surface area (Å²) in [4.78, 5) is 20.4. The van der Waals surface area contributed by atoms with Crippen molar-refractivity contribution in [3.8, 4) is 17.2 Å². The predicted octanol–water partition coefficient (Wildman–Crippen LogP) is 2.22. The number of sulfonamides is 1. The zero-order chi connectivity index (χ0) is 26.0. The first kappa shape index (κ1) is 25.1. The number of fused-ring (bicyclic) bond motifs is 1. The van der Waals surface area contributed by atoms with Gasteiger partial charge >= 0.3 is 0 Å². The number of imidazole rings is 1. The standard InChI is InChI=1S/C24H27N5O6S/c1-28-8-7-15-9-18(5-6-20(15)28)36(31,32)29(24(30)19(25)10-16-13-26-14-27-16)17-11-21(33-2)23(35-4)22(12-17)34-3/h5-9,11-14,19H,10,25H2,1-4H3,(H,26,27). The number of ether oxygens (including phenoxy) is 3. The van der Waals surface area contributed by atoms with Crippen LogP contribution in [0.3, 0.4) is 0 Å². The van der Waals surface area contributed by atoms with E-state index in [0.717, 1.165) is 5.52 Å². The molecule has 11 nitrogen and oxygen atoms in total. The number of hydrogen-bond donors (Lipinski definition) is 2. The number of carbonyl (C=O) groups is 1. The Morgan fingerprint density at radius 2 is 1.81 bits per heavy atom. The van der Waals surface area contributed by atoms with Crippen LogP contribution in [0.1, 0.15) is 5.69 Å². The minimum Gasteiger partial charge on any atom is -0.493 e. The number of nitrogens with two attached hydrogens (primary N) is 1. The first-order valence-electron chi connectivity index (χ1n) is 10.9. The normalized spacial score (nSPS) is 12.4. The van der Waals surface area contributed by atoms with Crippen LogP contribution in [-0.2, 0) is 28.3 Å². The minimum absolute atomic E-state index is 0.0114. The molecule has 1 unspecified atom stereocenters. The Balaban J connectivity index is 1.88. The zero-order valence-corrected chi connectivity index (χ0v) is 21.1. The van der Waals surface area contributed by atoms with Gasteiger partial charge in [-0.25, -0.2) is 17.7 Å². The van der Waals surface area contributed by atoms with Gasteiger partial charge in [-0.05, 0) is 24.3 Å². The number of aryl methyl sites for hydroxylation is 1. The van der Waals surface area contributed by atoms with Crippen LogP contribution in [0.4, 0.5) is 5.69 Å². The summed E-state index contributed by atoms with van der Waals surface area (Å²) in [5.41, 5.74) is 7.64. The average molecular weight is 514 g/mol. The van der Waals surface area contributed by atoms with Crippen molar-refractivity contribution in [1.29, 1.82) is 0 Å². The fraction of sp³-hybridized carbons (Fsp3) is 0.250.